The topological polar surface area (TPSA) is 121 Å². The van der Waals surface area contributed by atoms with Crippen molar-refractivity contribution in [1.82, 2.24) is 0 Å². The summed E-state index contributed by atoms with van der Waals surface area (Å²) in [6.07, 6.45) is -5.57. The summed E-state index contributed by atoms with van der Waals surface area (Å²) in [4.78, 5) is 19.9. The Morgan fingerprint density at radius 3 is 2.09 bits per heavy atom. The lowest BCUT2D eigenvalue weighted by atomic mass is 10.1. The molecule has 0 aromatic rings. The van der Waals surface area contributed by atoms with E-state index in [1.165, 1.54) is 0 Å². The first-order valence-electron chi connectivity index (χ1n) is 2.79. The molecule has 0 unspecified atom stereocenters. The molecule has 5 N–H and O–H groups in total. The number of carbonyl (C=O) groups excluding carboxylic acids is 2. The summed E-state index contributed by atoms with van der Waals surface area (Å²) < 4.78 is 0. The molecule has 0 saturated carbocycles. The summed E-state index contributed by atoms with van der Waals surface area (Å²) in [6.45, 7) is 0. The standard InChI is InChI=1S/C5H9NO5/c6-5(11)4(10)3(9)2(8)1-7/h1-4,8-10H,(H2,6,11)/t2-,3-,4+/m1/s1. The SMILES string of the molecule is NC(=O)[C@@H](O)[C@H](O)[C@H](O)C=O. The Kier molecular flexibility index (Phi) is 3.66. The minimum atomic E-state index is -1.92. The highest BCUT2D eigenvalue weighted by Gasteiger charge is 2.27. The van der Waals surface area contributed by atoms with Crippen LogP contribution in [-0.4, -0.2) is 45.8 Å². The Labute approximate surface area is 62.2 Å². The molecule has 0 heterocycles. The van der Waals surface area contributed by atoms with Gasteiger partial charge in [0.25, 0.3) is 0 Å². The Morgan fingerprint density at radius 1 is 1.36 bits per heavy atom. The third-order valence-corrected chi connectivity index (χ3v) is 1.10. The number of primary amides is 1. The second-order valence-electron chi connectivity index (χ2n) is 1.96. The Morgan fingerprint density at radius 2 is 1.82 bits per heavy atom. The average Bonchev–Trinajstić information content (AvgIpc) is 2.00. The summed E-state index contributed by atoms with van der Waals surface area (Å²) in [7, 11) is 0. The van der Waals surface area contributed by atoms with Crippen molar-refractivity contribution < 1.29 is 24.9 Å². The molecule has 6 nitrogen and oxygen atoms in total. The fourth-order valence-electron chi connectivity index (χ4n) is 0.436. The van der Waals surface area contributed by atoms with E-state index in [9.17, 15) is 9.59 Å². The van der Waals surface area contributed by atoms with E-state index in [4.69, 9.17) is 15.3 Å². The molecule has 11 heavy (non-hydrogen) atoms. The van der Waals surface area contributed by atoms with Crippen LogP contribution in [0.4, 0.5) is 0 Å². The van der Waals surface area contributed by atoms with Crippen molar-refractivity contribution >= 4 is 12.2 Å². The van der Waals surface area contributed by atoms with E-state index in [-0.39, 0.29) is 6.29 Å². The lowest BCUT2D eigenvalue weighted by Gasteiger charge is -2.15. The fourth-order valence-corrected chi connectivity index (χ4v) is 0.436. The number of hydrogen-bond donors (Lipinski definition) is 4. The fraction of sp³-hybridized carbons (Fsp3) is 0.600. The van der Waals surface area contributed by atoms with Crippen molar-refractivity contribution in [2.24, 2.45) is 5.73 Å². The van der Waals surface area contributed by atoms with Crippen LogP contribution in [0.2, 0.25) is 0 Å². The van der Waals surface area contributed by atoms with Crippen molar-refractivity contribution in [3.05, 3.63) is 0 Å². The summed E-state index contributed by atoms with van der Waals surface area (Å²) in [5.41, 5.74) is 4.55. The Hall–Kier alpha value is -0.980. The molecular weight excluding hydrogens is 154 g/mol. The van der Waals surface area contributed by atoms with E-state index in [0.717, 1.165) is 0 Å². The number of nitrogens with two attached hydrogens (primary N) is 1. The van der Waals surface area contributed by atoms with Crippen molar-refractivity contribution in [1.29, 1.82) is 0 Å². The van der Waals surface area contributed by atoms with E-state index in [1.807, 2.05) is 0 Å². The summed E-state index contributed by atoms with van der Waals surface area (Å²) in [5.74, 6) is -1.20. The highest BCUT2D eigenvalue weighted by Crippen LogP contribution is 1.96. The normalized spacial score (nSPS) is 18.5. The second kappa shape index (κ2) is 4.02. The molecule has 6 heteroatoms. The van der Waals surface area contributed by atoms with Crippen LogP contribution in [0.25, 0.3) is 0 Å². The van der Waals surface area contributed by atoms with E-state index in [2.05, 4.69) is 5.73 Å². The lowest BCUT2D eigenvalue weighted by Crippen LogP contribution is -2.45. The van der Waals surface area contributed by atoms with Crippen LogP contribution in [0.5, 0.6) is 0 Å². The minimum absolute atomic E-state index is 0.00315. The molecule has 0 aromatic heterocycles. The van der Waals surface area contributed by atoms with Gasteiger partial charge in [-0.3, -0.25) is 4.79 Å². The van der Waals surface area contributed by atoms with Gasteiger partial charge < -0.3 is 25.8 Å². The number of hydrogen-bond acceptors (Lipinski definition) is 5. The smallest absolute Gasteiger partial charge is 0.249 e. The predicted octanol–water partition coefficient (Wildman–Crippen LogP) is -3.25. The van der Waals surface area contributed by atoms with Gasteiger partial charge in [0.2, 0.25) is 5.91 Å². The molecule has 1 amide bonds. The third-order valence-electron chi connectivity index (χ3n) is 1.10. The lowest BCUT2D eigenvalue weighted by molar-refractivity contribution is -0.140. The Bertz CT molecular complexity index is 159. The van der Waals surface area contributed by atoms with Gasteiger partial charge in [-0.25, -0.2) is 0 Å². The van der Waals surface area contributed by atoms with Gasteiger partial charge in [0.05, 0.1) is 0 Å². The van der Waals surface area contributed by atoms with Crippen molar-refractivity contribution in [2.75, 3.05) is 0 Å². The number of aliphatic hydroxyl groups excluding tert-OH is 3. The maximum Gasteiger partial charge on any atom is 0.249 e. The van der Waals surface area contributed by atoms with Crippen LogP contribution in [0.1, 0.15) is 0 Å². The number of rotatable bonds is 4. The molecule has 0 aliphatic carbocycles. The predicted molar refractivity (Wildman–Crippen MR) is 33.3 cm³/mol. The quantitative estimate of drug-likeness (QED) is 0.324. The zero-order valence-corrected chi connectivity index (χ0v) is 5.54. The maximum atomic E-state index is 10.1. The molecule has 0 aromatic carbocycles. The third kappa shape index (κ3) is 2.62. The highest BCUT2D eigenvalue weighted by molar-refractivity contribution is 5.80. The van der Waals surface area contributed by atoms with Crippen molar-refractivity contribution in [3.63, 3.8) is 0 Å². The molecule has 0 bridgehead atoms. The average molecular weight is 163 g/mol. The summed E-state index contributed by atoms with van der Waals surface area (Å²) in [5, 5.41) is 25.9. The molecule has 3 atom stereocenters. The summed E-state index contributed by atoms with van der Waals surface area (Å²) in [6, 6.07) is 0. The molecule has 0 fully saturated rings. The minimum Gasteiger partial charge on any atom is -0.387 e. The molecule has 0 rings (SSSR count). The molecular formula is C5H9NO5. The summed E-state index contributed by atoms with van der Waals surface area (Å²) >= 11 is 0. The first-order chi connectivity index (χ1) is 5.00. The molecule has 0 radical (unpaired) electrons. The van der Waals surface area contributed by atoms with E-state index >= 15 is 0 Å². The zero-order valence-electron chi connectivity index (χ0n) is 5.54. The number of aliphatic hydroxyl groups is 3. The van der Waals surface area contributed by atoms with Gasteiger partial charge in [-0.2, -0.15) is 0 Å². The second-order valence-corrected chi connectivity index (χ2v) is 1.96. The van der Waals surface area contributed by atoms with E-state index in [1.54, 1.807) is 0 Å². The first kappa shape index (κ1) is 10.0. The van der Waals surface area contributed by atoms with Gasteiger partial charge in [0.1, 0.15) is 12.2 Å². The largest absolute Gasteiger partial charge is 0.387 e. The number of aldehydes is 1. The number of carbonyl (C=O) groups is 2. The number of amides is 1. The molecule has 64 valence electrons. The molecule has 0 spiro atoms. The molecule has 0 aliphatic heterocycles. The van der Waals surface area contributed by atoms with E-state index < -0.39 is 24.2 Å². The van der Waals surface area contributed by atoms with Crippen LogP contribution in [0, 0.1) is 0 Å². The molecule has 0 aliphatic rings. The van der Waals surface area contributed by atoms with Crippen molar-refractivity contribution in [3.8, 4) is 0 Å². The van der Waals surface area contributed by atoms with Gasteiger partial charge in [0, 0.05) is 0 Å². The first-order valence-corrected chi connectivity index (χ1v) is 2.79. The van der Waals surface area contributed by atoms with E-state index in [0.29, 0.717) is 0 Å². The van der Waals surface area contributed by atoms with Crippen LogP contribution >= 0.6 is 0 Å². The van der Waals surface area contributed by atoms with Gasteiger partial charge in [0.15, 0.2) is 12.4 Å². The van der Waals surface area contributed by atoms with Crippen LogP contribution in [0.3, 0.4) is 0 Å². The van der Waals surface area contributed by atoms with Crippen LogP contribution in [-0.2, 0) is 9.59 Å². The maximum absolute atomic E-state index is 10.1. The van der Waals surface area contributed by atoms with Crippen molar-refractivity contribution in [2.45, 2.75) is 18.3 Å². The monoisotopic (exact) mass is 163 g/mol. The van der Waals surface area contributed by atoms with Gasteiger partial charge >= 0.3 is 0 Å². The van der Waals surface area contributed by atoms with Gasteiger partial charge in [-0.15, -0.1) is 0 Å². The van der Waals surface area contributed by atoms with Crippen LogP contribution in [0.15, 0.2) is 0 Å². The van der Waals surface area contributed by atoms with Gasteiger partial charge in [-0.1, -0.05) is 0 Å². The molecule has 0 saturated heterocycles. The highest BCUT2D eigenvalue weighted by atomic mass is 16.4. The van der Waals surface area contributed by atoms with Crippen LogP contribution < -0.4 is 5.73 Å². The zero-order chi connectivity index (χ0) is 9.02. The van der Waals surface area contributed by atoms with Gasteiger partial charge in [-0.05, 0) is 0 Å². The Balaban J connectivity index is 4.11.